The number of nitrogens with zero attached hydrogens (tertiary/aromatic N) is 3. The Kier molecular flexibility index (Phi) is 7.88. The number of carbonyl (C=O) groups excluding carboxylic acids is 1. The fourth-order valence-electron chi connectivity index (χ4n) is 6.07. The molecule has 0 aliphatic heterocycles. The average molecular weight is 751 g/mol. The second kappa shape index (κ2) is 11.9. The van der Waals surface area contributed by atoms with Gasteiger partial charge in [-0.25, -0.2) is 0 Å². The zero-order chi connectivity index (χ0) is 29.5. The smallest absolute Gasteiger partial charge is 0.155 e. The van der Waals surface area contributed by atoms with Gasteiger partial charge in [-0.1, -0.05) is 72.1 Å². The number of allylic oxidation sites excluding steroid dienone is 2. The molecule has 0 aliphatic carbocycles. The summed E-state index contributed by atoms with van der Waals surface area (Å²) in [6, 6.07) is 44.2. The van der Waals surface area contributed by atoms with E-state index in [1.807, 2.05) is 12.3 Å². The van der Waals surface area contributed by atoms with Gasteiger partial charge in [-0.2, -0.15) is 0 Å². The number of benzene rings is 5. The number of aromatic nitrogens is 3. The van der Waals surface area contributed by atoms with Crippen LogP contribution in [0, 0.1) is 6.07 Å². The van der Waals surface area contributed by atoms with Crippen LogP contribution in [0.4, 0.5) is 0 Å². The van der Waals surface area contributed by atoms with Gasteiger partial charge in [-0.15, -0.1) is 23.6 Å². The largest absolute Gasteiger partial charge is 0.512 e. The summed E-state index contributed by atoms with van der Waals surface area (Å²) < 4.78 is 4.75. The number of fused-ring (bicyclic) bond motifs is 4. The number of rotatable bonds is 3. The van der Waals surface area contributed by atoms with Crippen molar-refractivity contribution in [3.63, 3.8) is 0 Å². The number of carbonyl (C=O) groups is 1. The molecule has 0 atom stereocenters. The standard InChI is InChI=1S/C33H20N3.C5H8O2.Ir/c1-3-12-23(13-4-1)35-27-18-9-17-26-30(27)31-28(35)19-10-20-29(31)36(24-14-5-2-6-15-24)33-25-16-8-7-11-22(25)21-34-32(26)33;1-4(6)3-5(2)7;/h1-16,18-21H;3,6H,1-2H3;/q-1;;/b;4-3-;. The second-order valence-electron chi connectivity index (χ2n) is 10.6. The van der Waals surface area contributed by atoms with E-state index in [1.165, 1.54) is 41.6 Å². The molecule has 0 fully saturated rings. The van der Waals surface area contributed by atoms with Gasteiger partial charge in [-0.3, -0.25) is 4.79 Å². The van der Waals surface area contributed by atoms with E-state index in [1.54, 1.807) is 0 Å². The molecule has 0 saturated heterocycles. The van der Waals surface area contributed by atoms with Crippen LogP contribution in [0.25, 0.3) is 65.9 Å². The fraction of sp³-hybridized carbons (Fsp3) is 0.0526. The molecule has 0 unspecified atom stereocenters. The SMILES string of the molecule is CC(=O)/C=C(/C)O.[Ir].[c-]1ccc2c3c1c1ncc4ccccc4c1n(-c1ccccc1)c1cccc(c31)n2-c1ccccc1. The van der Waals surface area contributed by atoms with Crippen molar-refractivity contribution in [2.75, 3.05) is 0 Å². The summed E-state index contributed by atoms with van der Waals surface area (Å²) in [6.45, 7) is 2.85. The van der Waals surface area contributed by atoms with E-state index in [0.29, 0.717) is 0 Å². The van der Waals surface area contributed by atoms with Crippen molar-refractivity contribution >= 4 is 60.3 Å². The minimum atomic E-state index is -0.125. The summed E-state index contributed by atoms with van der Waals surface area (Å²) in [6.07, 6.45) is 3.16. The van der Waals surface area contributed by atoms with Gasteiger partial charge in [0.1, 0.15) is 0 Å². The van der Waals surface area contributed by atoms with Crippen LogP contribution >= 0.6 is 0 Å². The third-order valence-electron chi connectivity index (χ3n) is 7.64. The molecule has 6 heteroatoms. The molecule has 217 valence electrons. The Balaban J connectivity index is 0.000000388. The Morgan fingerprint density at radius 3 is 1.95 bits per heavy atom. The zero-order valence-corrected chi connectivity index (χ0v) is 26.5. The Hall–Kier alpha value is -5.03. The van der Waals surface area contributed by atoms with E-state index in [9.17, 15) is 4.79 Å². The quantitative estimate of drug-likeness (QED) is 0.111. The van der Waals surface area contributed by atoms with Crippen molar-refractivity contribution in [3.8, 4) is 11.4 Å². The van der Waals surface area contributed by atoms with Gasteiger partial charge in [0.25, 0.3) is 0 Å². The number of hydrogen-bond acceptors (Lipinski definition) is 3. The molecule has 44 heavy (non-hydrogen) atoms. The number of aliphatic hydroxyl groups is 1. The summed E-state index contributed by atoms with van der Waals surface area (Å²) in [7, 11) is 0. The molecule has 1 radical (unpaired) electrons. The van der Waals surface area contributed by atoms with Gasteiger partial charge >= 0.3 is 0 Å². The number of pyridine rings is 1. The Morgan fingerprint density at radius 1 is 0.727 bits per heavy atom. The minimum Gasteiger partial charge on any atom is -0.512 e. The molecule has 8 rings (SSSR count). The number of para-hydroxylation sites is 2. The maximum absolute atomic E-state index is 10.0. The Morgan fingerprint density at radius 2 is 1.32 bits per heavy atom. The van der Waals surface area contributed by atoms with Crippen LogP contribution in [0.1, 0.15) is 13.8 Å². The van der Waals surface area contributed by atoms with E-state index < -0.39 is 0 Å². The first-order valence-electron chi connectivity index (χ1n) is 14.2. The topological polar surface area (TPSA) is 60.0 Å². The van der Waals surface area contributed by atoms with Crippen molar-refractivity contribution in [1.82, 2.24) is 14.1 Å². The minimum absolute atomic E-state index is 0. The van der Waals surface area contributed by atoms with E-state index in [2.05, 4.69) is 124 Å². The monoisotopic (exact) mass is 751 g/mol. The van der Waals surface area contributed by atoms with Crippen LogP contribution in [0.2, 0.25) is 0 Å². The molecule has 0 amide bonds. The molecule has 3 aromatic heterocycles. The van der Waals surface area contributed by atoms with Crippen molar-refractivity contribution in [2.24, 2.45) is 0 Å². The first-order chi connectivity index (χ1) is 21.0. The summed E-state index contributed by atoms with van der Waals surface area (Å²) >= 11 is 0. The van der Waals surface area contributed by atoms with E-state index in [0.717, 1.165) is 44.2 Å². The number of hydrogen-bond donors (Lipinski definition) is 1. The molecule has 8 aromatic rings. The van der Waals surface area contributed by atoms with E-state index in [4.69, 9.17) is 10.1 Å². The number of ketones is 1. The van der Waals surface area contributed by atoms with Crippen molar-refractivity contribution in [1.29, 1.82) is 0 Å². The van der Waals surface area contributed by atoms with Crippen LogP contribution in [0.5, 0.6) is 0 Å². The van der Waals surface area contributed by atoms with E-state index in [-0.39, 0.29) is 31.6 Å². The van der Waals surface area contributed by atoms with Crippen molar-refractivity contribution in [2.45, 2.75) is 13.8 Å². The number of aliphatic hydroxyl groups excluding tert-OH is 1. The first kappa shape index (κ1) is 29.1. The van der Waals surface area contributed by atoms with Crippen LogP contribution in [0.3, 0.4) is 0 Å². The molecule has 0 aliphatic rings. The van der Waals surface area contributed by atoms with Crippen LogP contribution in [-0.2, 0) is 24.9 Å². The van der Waals surface area contributed by atoms with Gasteiger partial charge < -0.3 is 19.2 Å². The molecular formula is C38H28IrN3O2-. The Bertz CT molecular complexity index is 2330. The predicted molar refractivity (Wildman–Crippen MR) is 176 cm³/mol. The van der Waals surface area contributed by atoms with Crippen molar-refractivity contribution < 1.29 is 30.0 Å². The molecule has 0 bridgehead atoms. The third-order valence-corrected chi connectivity index (χ3v) is 7.64. The van der Waals surface area contributed by atoms with E-state index >= 15 is 0 Å². The van der Waals surface area contributed by atoms with Gasteiger partial charge in [0.2, 0.25) is 0 Å². The van der Waals surface area contributed by atoms with Crippen LogP contribution in [-0.4, -0.2) is 25.0 Å². The zero-order valence-electron chi connectivity index (χ0n) is 24.2. The summed E-state index contributed by atoms with van der Waals surface area (Å²) in [5, 5.41) is 14.1. The van der Waals surface area contributed by atoms with Gasteiger partial charge in [0.15, 0.2) is 5.78 Å². The summed E-state index contributed by atoms with van der Waals surface area (Å²) in [4.78, 5) is 15.1. The maximum Gasteiger partial charge on any atom is 0.155 e. The molecule has 1 N–H and O–H groups in total. The van der Waals surface area contributed by atoms with Gasteiger partial charge in [0, 0.05) is 71.2 Å². The molecular weight excluding hydrogens is 723 g/mol. The molecule has 0 spiro atoms. The molecule has 3 heterocycles. The molecule has 0 saturated carbocycles. The first-order valence-corrected chi connectivity index (χ1v) is 14.2. The molecule has 5 aromatic carbocycles. The average Bonchev–Trinajstić information content (AvgIpc) is 3.30. The second-order valence-corrected chi connectivity index (χ2v) is 10.6. The Labute approximate surface area is 268 Å². The summed E-state index contributed by atoms with van der Waals surface area (Å²) in [5.41, 5.74) is 7.78. The fourth-order valence-corrected chi connectivity index (χ4v) is 6.07. The van der Waals surface area contributed by atoms with Gasteiger partial charge in [0.05, 0.1) is 5.76 Å². The molecule has 5 nitrogen and oxygen atoms in total. The van der Waals surface area contributed by atoms with Crippen LogP contribution in [0.15, 0.2) is 133 Å². The maximum atomic E-state index is 10.0. The third kappa shape index (κ3) is 4.88. The summed E-state index contributed by atoms with van der Waals surface area (Å²) in [5.74, 6) is -0.0625. The van der Waals surface area contributed by atoms with Crippen LogP contribution < -0.4 is 0 Å². The normalized spacial score (nSPS) is 11.5. The van der Waals surface area contributed by atoms with Crippen molar-refractivity contribution in [3.05, 3.63) is 139 Å². The van der Waals surface area contributed by atoms with Gasteiger partial charge in [-0.05, 0) is 66.5 Å². The predicted octanol–water partition coefficient (Wildman–Crippen LogP) is 9.26.